The van der Waals surface area contributed by atoms with Crippen LogP contribution in [0.4, 0.5) is 0 Å². The number of fused-ring (bicyclic) bond motifs is 1. The largest absolute Gasteiger partial charge is 0.473 e. The van der Waals surface area contributed by atoms with Crippen LogP contribution in [0, 0.1) is 0 Å². The van der Waals surface area contributed by atoms with Gasteiger partial charge in [0.2, 0.25) is 5.88 Å². The van der Waals surface area contributed by atoms with Crippen LogP contribution in [0.25, 0.3) is 11.2 Å². The van der Waals surface area contributed by atoms with Gasteiger partial charge in [0.15, 0.2) is 11.2 Å². The highest BCUT2D eigenvalue weighted by molar-refractivity contribution is 5.74. The van der Waals surface area contributed by atoms with E-state index in [1.165, 1.54) is 6.33 Å². The van der Waals surface area contributed by atoms with Gasteiger partial charge in [-0.15, -0.1) is 0 Å². The maximum atomic E-state index is 5.45. The van der Waals surface area contributed by atoms with Gasteiger partial charge in [0.05, 0.1) is 12.4 Å². The number of imidazole rings is 1. The van der Waals surface area contributed by atoms with Crippen molar-refractivity contribution in [2.75, 3.05) is 0 Å². The van der Waals surface area contributed by atoms with E-state index < -0.39 is 0 Å². The lowest BCUT2D eigenvalue weighted by Crippen LogP contribution is -2.07. The third kappa shape index (κ3) is 1.44. The van der Waals surface area contributed by atoms with E-state index in [-0.39, 0.29) is 6.10 Å². The van der Waals surface area contributed by atoms with Gasteiger partial charge in [0.1, 0.15) is 6.33 Å². The summed E-state index contributed by atoms with van der Waals surface area (Å²) < 4.78 is 5.45. The Bertz CT molecular complexity index is 409. The molecule has 5 nitrogen and oxygen atoms in total. The summed E-state index contributed by atoms with van der Waals surface area (Å²) in [5.41, 5.74) is 1.38. The van der Waals surface area contributed by atoms with Crippen molar-refractivity contribution in [1.82, 2.24) is 19.9 Å². The number of nitrogens with one attached hydrogen (secondary N) is 1. The Morgan fingerprint density at radius 2 is 2.15 bits per heavy atom. The van der Waals surface area contributed by atoms with Crippen molar-refractivity contribution in [2.45, 2.75) is 20.0 Å². The molecular weight excluding hydrogens is 168 g/mol. The first-order chi connectivity index (χ1) is 6.27. The second-order valence-electron chi connectivity index (χ2n) is 2.95. The van der Waals surface area contributed by atoms with Crippen molar-refractivity contribution in [3.05, 3.63) is 12.7 Å². The normalized spacial score (nSPS) is 11.0. The molecule has 0 radical (unpaired) electrons. The molecule has 1 N–H and O–H groups in total. The van der Waals surface area contributed by atoms with E-state index in [0.717, 1.165) is 0 Å². The third-order valence-corrected chi connectivity index (χ3v) is 1.53. The van der Waals surface area contributed by atoms with Crippen LogP contribution in [0.5, 0.6) is 5.88 Å². The summed E-state index contributed by atoms with van der Waals surface area (Å²) in [5, 5.41) is 0. The lowest BCUT2D eigenvalue weighted by Gasteiger charge is -2.07. The zero-order valence-corrected chi connectivity index (χ0v) is 7.48. The van der Waals surface area contributed by atoms with Crippen LogP contribution in [-0.2, 0) is 0 Å². The minimum atomic E-state index is 0.0924. The predicted octanol–water partition coefficient (Wildman–Crippen LogP) is 1.14. The molecule has 0 aliphatic rings. The van der Waals surface area contributed by atoms with Crippen LogP contribution in [0.15, 0.2) is 12.7 Å². The van der Waals surface area contributed by atoms with Crippen LogP contribution in [-0.4, -0.2) is 26.0 Å². The van der Waals surface area contributed by atoms with Crippen LogP contribution in [0.3, 0.4) is 0 Å². The van der Waals surface area contributed by atoms with E-state index in [2.05, 4.69) is 19.9 Å². The van der Waals surface area contributed by atoms with Crippen LogP contribution in [0.1, 0.15) is 13.8 Å². The molecule has 0 aliphatic carbocycles. The zero-order chi connectivity index (χ0) is 9.26. The Morgan fingerprint density at radius 1 is 1.31 bits per heavy atom. The summed E-state index contributed by atoms with van der Waals surface area (Å²) >= 11 is 0. The Balaban J connectivity index is 2.48. The van der Waals surface area contributed by atoms with Gasteiger partial charge in [-0.25, -0.2) is 9.97 Å². The zero-order valence-electron chi connectivity index (χ0n) is 7.48. The minimum Gasteiger partial charge on any atom is -0.473 e. The molecule has 0 fully saturated rings. The van der Waals surface area contributed by atoms with E-state index in [0.29, 0.717) is 17.0 Å². The molecule has 2 rings (SSSR count). The fourth-order valence-corrected chi connectivity index (χ4v) is 1.05. The number of ether oxygens (including phenoxy) is 1. The van der Waals surface area contributed by atoms with Gasteiger partial charge >= 0.3 is 0 Å². The van der Waals surface area contributed by atoms with E-state index in [1.807, 2.05) is 13.8 Å². The monoisotopic (exact) mass is 178 g/mol. The first kappa shape index (κ1) is 7.97. The van der Waals surface area contributed by atoms with Gasteiger partial charge in [-0.2, -0.15) is 4.98 Å². The van der Waals surface area contributed by atoms with Crippen molar-refractivity contribution in [3.63, 3.8) is 0 Å². The van der Waals surface area contributed by atoms with Gasteiger partial charge in [0.25, 0.3) is 0 Å². The first-order valence-electron chi connectivity index (χ1n) is 4.08. The average molecular weight is 178 g/mol. The molecule has 0 aliphatic heterocycles. The van der Waals surface area contributed by atoms with Crippen LogP contribution in [0.2, 0.25) is 0 Å². The Labute approximate surface area is 75.2 Å². The summed E-state index contributed by atoms with van der Waals surface area (Å²) in [6.07, 6.45) is 3.12. The summed E-state index contributed by atoms with van der Waals surface area (Å²) in [5.74, 6) is 0.529. The van der Waals surface area contributed by atoms with Crippen molar-refractivity contribution < 1.29 is 4.74 Å². The number of hydrogen-bond acceptors (Lipinski definition) is 4. The number of rotatable bonds is 2. The van der Waals surface area contributed by atoms with Gasteiger partial charge in [0, 0.05) is 0 Å². The van der Waals surface area contributed by atoms with Crippen molar-refractivity contribution >= 4 is 11.2 Å². The number of aromatic amines is 1. The molecule has 2 aromatic rings. The van der Waals surface area contributed by atoms with Crippen LogP contribution < -0.4 is 4.74 Å². The van der Waals surface area contributed by atoms with Gasteiger partial charge < -0.3 is 9.72 Å². The van der Waals surface area contributed by atoms with Gasteiger partial charge in [-0.3, -0.25) is 0 Å². The average Bonchev–Trinajstić information content (AvgIpc) is 2.51. The van der Waals surface area contributed by atoms with E-state index in [1.54, 1.807) is 6.33 Å². The fourth-order valence-electron chi connectivity index (χ4n) is 1.05. The fraction of sp³-hybridized carbons (Fsp3) is 0.375. The topological polar surface area (TPSA) is 63.7 Å². The summed E-state index contributed by atoms with van der Waals surface area (Å²) in [6, 6.07) is 0. The van der Waals surface area contributed by atoms with Crippen molar-refractivity contribution in [2.24, 2.45) is 0 Å². The quantitative estimate of drug-likeness (QED) is 0.749. The SMILES string of the molecule is CC(C)Oc1ncnc2[nH]cnc12. The summed E-state index contributed by atoms with van der Waals surface area (Å²) in [6.45, 7) is 3.89. The lowest BCUT2D eigenvalue weighted by atomic mass is 10.4. The molecule has 0 bridgehead atoms. The molecule has 0 atom stereocenters. The molecule has 0 aromatic carbocycles. The molecule has 2 heterocycles. The van der Waals surface area contributed by atoms with Crippen LogP contribution >= 0.6 is 0 Å². The number of H-pyrrole nitrogens is 1. The molecule has 0 spiro atoms. The summed E-state index contributed by atoms with van der Waals surface area (Å²) in [7, 11) is 0. The number of hydrogen-bond donors (Lipinski definition) is 1. The number of aromatic nitrogens is 4. The van der Waals surface area contributed by atoms with Crippen molar-refractivity contribution in [3.8, 4) is 5.88 Å². The van der Waals surface area contributed by atoms with E-state index in [9.17, 15) is 0 Å². The molecule has 5 heteroatoms. The standard InChI is InChI=1S/C8H10N4O/c1-5(2)13-8-6-7(10-3-9-6)11-4-12-8/h3-5H,1-2H3,(H,9,10,11,12). The molecule has 0 unspecified atom stereocenters. The minimum absolute atomic E-state index is 0.0924. The second-order valence-corrected chi connectivity index (χ2v) is 2.95. The molecule has 0 saturated heterocycles. The molecule has 0 saturated carbocycles. The molecule has 2 aromatic heterocycles. The molecular formula is C8H10N4O. The first-order valence-corrected chi connectivity index (χ1v) is 4.08. The maximum Gasteiger partial charge on any atom is 0.245 e. The van der Waals surface area contributed by atoms with E-state index in [4.69, 9.17) is 4.74 Å². The molecule has 0 amide bonds. The number of nitrogens with zero attached hydrogens (tertiary/aromatic N) is 3. The molecule has 68 valence electrons. The third-order valence-electron chi connectivity index (χ3n) is 1.53. The Morgan fingerprint density at radius 3 is 2.92 bits per heavy atom. The second kappa shape index (κ2) is 3.01. The van der Waals surface area contributed by atoms with E-state index >= 15 is 0 Å². The molecule has 13 heavy (non-hydrogen) atoms. The summed E-state index contributed by atoms with van der Waals surface area (Å²) in [4.78, 5) is 15.0. The highest BCUT2D eigenvalue weighted by Crippen LogP contribution is 2.17. The van der Waals surface area contributed by atoms with Gasteiger partial charge in [-0.05, 0) is 13.8 Å². The van der Waals surface area contributed by atoms with Gasteiger partial charge in [-0.1, -0.05) is 0 Å². The predicted molar refractivity (Wildman–Crippen MR) is 47.4 cm³/mol. The highest BCUT2D eigenvalue weighted by Gasteiger charge is 2.07. The Hall–Kier alpha value is -1.65. The Kier molecular flexibility index (Phi) is 1.84. The van der Waals surface area contributed by atoms with Crippen molar-refractivity contribution in [1.29, 1.82) is 0 Å². The maximum absolute atomic E-state index is 5.45. The smallest absolute Gasteiger partial charge is 0.245 e. The lowest BCUT2D eigenvalue weighted by molar-refractivity contribution is 0.235. The highest BCUT2D eigenvalue weighted by atomic mass is 16.5.